The highest BCUT2D eigenvalue weighted by atomic mass is 19.4. The third kappa shape index (κ3) is 3.05. The summed E-state index contributed by atoms with van der Waals surface area (Å²) in [6, 6.07) is 14.7. The zero-order valence-electron chi connectivity index (χ0n) is 15.3. The molecule has 0 unspecified atom stereocenters. The van der Waals surface area contributed by atoms with E-state index in [-0.39, 0.29) is 5.56 Å². The van der Waals surface area contributed by atoms with Gasteiger partial charge in [0.05, 0.1) is 11.3 Å². The highest BCUT2D eigenvalue weighted by Crippen LogP contribution is 2.38. The van der Waals surface area contributed by atoms with Crippen LogP contribution in [0.2, 0.25) is 0 Å². The van der Waals surface area contributed by atoms with Crippen LogP contribution in [-0.4, -0.2) is 4.98 Å². The van der Waals surface area contributed by atoms with E-state index < -0.39 is 11.7 Å². The predicted molar refractivity (Wildman–Crippen MR) is 104 cm³/mol. The molecule has 0 aliphatic rings. The van der Waals surface area contributed by atoms with Crippen molar-refractivity contribution < 1.29 is 13.2 Å². The molecular formula is C23H18F3N. The Morgan fingerprint density at radius 3 is 2.11 bits per heavy atom. The molecule has 0 fully saturated rings. The normalized spacial score (nSPS) is 12.1. The molecule has 4 aromatic rings. The Kier molecular flexibility index (Phi) is 3.95. The molecule has 0 saturated carbocycles. The number of halogens is 3. The summed E-state index contributed by atoms with van der Waals surface area (Å²) >= 11 is 0. The van der Waals surface area contributed by atoms with E-state index in [9.17, 15) is 13.2 Å². The number of fused-ring (bicyclic) bond motifs is 3. The SMILES string of the molecule is Cc1cc(C)cc(-c2nccc3c2ccc2cc(C)c(C(F)(F)F)cc23)c1. The first-order valence-electron chi connectivity index (χ1n) is 8.72. The lowest BCUT2D eigenvalue weighted by Crippen LogP contribution is -2.07. The fourth-order valence-electron chi connectivity index (χ4n) is 3.80. The van der Waals surface area contributed by atoms with E-state index in [1.54, 1.807) is 18.3 Å². The molecule has 4 rings (SSSR count). The van der Waals surface area contributed by atoms with Gasteiger partial charge in [-0.05, 0) is 66.8 Å². The molecule has 27 heavy (non-hydrogen) atoms. The van der Waals surface area contributed by atoms with E-state index in [2.05, 4.69) is 23.2 Å². The summed E-state index contributed by atoms with van der Waals surface area (Å²) in [5.41, 5.74) is 3.65. The predicted octanol–water partition coefficient (Wildman–Crippen LogP) is 7.00. The van der Waals surface area contributed by atoms with Crippen molar-refractivity contribution in [2.45, 2.75) is 26.9 Å². The summed E-state index contributed by atoms with van der Waals surface area (Å²) in [6.45, 7) is 5.55. The van der Waals surface area contributed by atoms with Gasteiger partial charge in [0.2, 0.25) is 0 Å². The largest absolute Gasteiger partial charge is 0.416 e. The second-order valence-electron chi connectivity index (χ2n) is 7.08. The molecule has 4 heteroatoms. The van der Waals surface area contributed by atoms with Gasteiger partial charge in [0.25, 0.3) is 0 Å². The number of pyridine rings is 1. The van der Waals surface area contributed by atoms with Crippen LogP contribution in [0, 0.1) is 20.8 Å². The molecule has 0 bridgehead atoms. The van der Waals surface area contributed by atoms with Crippen LogP contribution in [-0.2, 0) is 6.18 Å². The molecule has 0 aliphatic heterocycles. The molecule has 1 aromatic heterocycles. The van der Waals surface area contributed by atoms with Crippen LogP contribution in [0.1, 0.15) is 22.3 Å². The van der Waals surface area contributed by atoms with Crippen molar-refractivity contribution in [2.75, 3.05) is 0 Å². The topological polar surface area (TPSA) is 12.9 Å². The summed E-state index contributed by atoms with van der Waals surface area (Å²) in [6.07, 6.45) is -2.70. The van der Waals surface area contributed by atoms with Crippen molar-refractivity contribution in [1.29, 1.82) is 0 Å². The van der Waals surface area contributed by atoms with Crippen molar-refractivity contribution in [2.24, 2.45) is 0 Å². The average molecular weight is 365 g/mol. The maximum Gasteiger partial charge on any atom is 0.416 e. The Morgan fingerprint density at radius 2 is 1.44 bits per heavy atom. The van der Waals surface area contributed by atoms with Gasteiger partial charge in [-0.2, -0.15) is 13.2 Å². The van der Waals surface area contributed by atoms with Crippen LogP contribution < -0.4 is 0 Å². The summed E-state index contributed by atoms with van der Waals surface area (Å²) in [5, 5.41) is 3.03. The Balaban J connectivity index is 2.06. The maximum absolute atomic E-state index is 13.4. The Labute approximate surface area is 155 Å². The summed E-state index contributed by atoms with van der Waals surface area (Å²) in [5.74, 6) is 0. The van der Waals surface area contributed by atoms with Crippen LogP contribution in [0.4, 0.5) is 13.2 Å². The minimum Gasteiger partial charge on any atom is -0.256 e. The maximum atomic E-state index is 13.4. The molecule has 1 heterocycles. The molecule has 1 nitrogen and oxygen atoms in total. The van der Waals surface area contributed by atoms with E-state index in [0.29, 0.717) is 5.39 Å². The van der Waals surface area contributed by atoms with Crippen LogP contribution in [0.5, 0.6) is 0 Å². The van der Waals surface area contributed by atoms with Crippen molar-refractivity contribution in [3.8, 4) is 11.3 Å². The number of rotatable bonds is 1. The molecule has 0 radical (unpaired) electrons. The molecule has 0 amide bonds. The lowest BCUT2D eigenvalue weighted by atomic mass is 9.94. The van der Waals surface area contributed by atoms with Crippen molar-refractivity contribution in [1.82, 2.24) is 4.98 Å². The molecule has 0 spiro atoms. The number of hydrogen-bond donors (Lipinski definition) is 0. The third-order valence-corrected chi connectivity index (χ3v) is 4.91. The summed E-state index contributed by atoms with van der Waals surface area (Å²) in [7, 11) is 0. The van der Waals surface area contributed by atoms with Gasteiger partial charge in [0, 0.05) is 17.1 Å². The second-order valence-corrected chi connectivity index (χ2v) is 7.08. The number of nitrogens with zero attached hydrogens (tertiary/aromatic N) is 1. The Bertz CT molecular complexity index is 1170. The zero-order valence-corrected chi connectivity index (χ0v) is 15.3. The van der Waals surface area contributed by atoms with E-state index >= 15 is 0 Å². The zero-order chi connectivity index (χ0) is 19.3. The number of hydrogen-bond acceptors (Lipinski definition) is 1. The highest BCUT2D eigenvalue weighted by Gasteiger charge is 2.32. The van der Waals surface area contributed by atoms with E-state index in [1.807, 2.05) is 26.0 Å². The van der Waals surface area contributed by atoms with Gasteiger partial charge in [0.15, 0.2) is 0 Å². The first-order valence-corrected chi connectivity index (χ1v) is 8.72. The number of alkyl halides is 3. The first-order chi connectivity index (χ1) is 12.7. The average Bonchev–Trinajstić information content (AvgIpc) is 2.58. The minimum atomic E-state index is -4.37. The second kappa shape index (κ2) is 6.08. The number of aryl methyl sites for hydroxylation is 3. The minimum absolute atomic E-state index is 0.234. The molecule has 0 aliphatic carbocycles. The summed E-state index contributed by atoms with van der Waals surface area (Å²) in [4.78, 5) is 4.53. The van der Waals surface area contributed by atoms with Gasteiger partial charge in [-0.1, -0.05) is 35.4 Å². The van der Waals surface area contributed by atoms with Crippen molar-refractivity contribution >= 4 is 21.5 Å². The fraction of sp³-hybridized carbons (Fsp3) is 0.174. The van der Waals surface area contributed by atoms with Crippen LogP contribution in [0.3, 0.4) is 0 Å². The van der Waals surface area contributed by atoms with Gasteiger partial charge in [-0.15, -0.1) is 0 Å². The Morgan fingerprint density at radius 1 is 0.741 bits per heavy atom. The highest BCUT2D eigenvalue weighted by molar-refractivity contribution is 6.11. The molecule has 0 saturated heterocycles. The van der Waals surface area contributed by atoms with Gasteiger partial charge in [0.1, 0.15) is 0 Å². The molecule has 136 valence electrons. The quantitative estimate of drug-likeness (QED) is 0.331. The van der Waals surface area contributed by atoms with Crippen LogP contribution in [0.25, 0.3) is 32.8 Å². The van der Waals surface area contributed by atoms with E-state index in [1.165, 1.54) is 13.0 Å². The number of aromatic nitrogens is 1. The van der Waals surface area contributed by atoms with Gasteiger partial charge in [-0.25, -0.2) is 0 Å². The van der Waals surface area contributed by atoms with Crippen LogP contribution in [0.15, 0.2) is 54.7 Å². The van der Waals surface area contributed by atoms with Gasteiger partial charge >= 0.3 is 6.18 Å². The fourth-order valence-corrected chi connectivity index (χ4v) is 3.80. The standard InChI is InChI=1S/C23H18F3N/c1-13-8-14(2)10-17(9-13)22-19-5-4-16-11-15(3)21(23(24,25)26)12-20(16)18(19)6-7-27-22/h4-12H,1-3H3. The lowest BCUT2D eigenvalue weighted by molar-refractivity contribution is -0.137. The van der Waals surface area contributed by atoms with Crippen molar-refractivity contribution in [3.63, 3.8) is 0 Å². The molecular weight excluding hydrogens is 347 g/mol. The number of benzene rings is 3. The molecule has 0 atom stereocenters. The monoisotopic (exact) mass is 365 g/mol. The van der Waals surface area contributed by atoms with E-state index in [4.69, 9.17) is 0 Å². The third-order valence-electron chi connectivity index (χ3n) is 4.91. The lowest BCUT2D eigenvalue weighted by Gasteiger charge is -2.14. The Hall–Kier alpha value is -2.88. The molecule has 3 aromatic carbocycles. The smallest absolute Gasteiger partial charge is 0.256 e. The van der Waals surface area contributed by atoms with Gasteiger partial charge < -0.3 is 0 Å². The van der Waals surface area contributed by atoms with Crippen LogP contribution >= 0.6 is 0 Å². The summed E-state index contributed by atoms with van der Waals surface area (Å²) < 4.78 is 40.2. The molecule has 0 N–H and O–H groups in total. The first kappa shape index (κ1) is 17.5. The van der Waals surface area contributed by atoms with E-state index in [0.717, 1.165) is 38.5 Å². The van der Waals surface area contributed by atoms with Crippen molar-refractivity contribution in [3.05, 3.63) is 77.0 Å². The van der Waals surface area contributed by atoms with Gasteiger partial charge in [-0.3, -0.25) is 4.98 Å².